The van der Waals surface area contributed by atoms with Gasteiger partial charge < -0.3 is 16.6 Å². The molecule has 4 nitrogen and oxygen atoms in total. The normalized spacial score (nSPS) is 19.9. The average Bonchev–Trinajstić information content (AvgIpc) is 3.04. The van der Waals surface area contributed by atoms with Gasteiger partial charge in [-0.2, -0.15) is 0 Å². The Hall–Kier alpha value is -1.13. The van der Waals surface area contributed by atoms with Gasteiger partial charge >= 0.3 is 0 Å². The zero-order valence-corrected chi connectivity index (χ0v) is 8.90. The molecule has 0 amide bonds. The molecule has 15 heavy (non-hydrogen) atoms. The van der Waals surface area contributed by atoms with E-state index >= 15 is 0 Å². The molecule has 82 valence electrons. The fourth-order valence-corrected chi connectivity index (χ4v) is 1.98. The first-order chi connectivity index (χ1) is 7.08. The summed E-state index contributed by atoms with van der Waals surface area (Å²) in [5, 5.41) is 10.5. The number of aliphatic hydroxyl groups is 1. The monoisotopic (exact) mass is 207 g/mol. The molecule has 2 rings (SSSR count). The second-order valence-electron chi connectivity index (χ2n) is 4.35. The number of hydrogen-bond acceptors (Lipinski definition) is 4. The first-order valence-electron chi connectivity index (χ1n) is 5.23. The van der Waals surface area contributed by atoms with Gasteiger partial charge in [-0.15, -0.1) is 0 Å². The van der Waals surface area contributed by atoms with E-state index in [2.05, 4.69) is 4.98 Å². The highest BCUT2D eigenvalue weighted by Crippen LogP contribution is 2.46. The predicted octanol–water partition coefficient (Wildman–Crippen LogP) is 0.529. The lowest BCUT2D eigenvalue weighted by atomic mass is 9.88. The van der Waals surface area contributed by atoms with Gasteiger partial charge in [-0.1, -0.05) is 0 Å². The van der Waals surface area contributed by atoms with Crippen molar-refractivity contribution in [3.63, 3.8) is 0 Å². The molecule has 1 aromatic heterocycles. The highest BCUT2D eigenvalue weighted by Gasteiger charge is 2.45. The fourth-order valence-electron chi connectivity index (χ4n) is 1.98. The topological polar surface area (TPSA) is 85.2 Å². The molecule has 1 fully saturated rings. The molecular formula is C11H17N3O. The van der Waals surface area contributed by atoms with Crippen LogP contribution in [0, 0.1) is 12.8 Å². The second kappa shape index (κ2) is 3.47. The lowest BCUT2D eigenvalue weighted by molar-refractivity contribution is 0.0226. The van der Waals surface area contributed by atoms with E-state index in [0.717, 1.165) is 18.4 Å². The van der Waals surface area contributed by atoms with Crippen LogP contribution in [0.25, 0.3) is 0 Å². The van der Waals surface area contributed by atoms with Crippen LogP contribution in [-0.4, -0.2) is 16.6 Å². The maximum Gasteiger partial charge on any atom is 0.129 e. The molecule has 0 radical (unpaired) electrons. The Morgan fingerprint density at radius 1 is 1.60 bits per heavy atom. The summed E-state index contributed by atoms with van der Waals surface area (Å²) >= 11 is 0. The Balaban J connectivity index is 2.45. The zero-order valence-electron chi connectivity index (χ0n) is 8.90. The van der Waals surface area contributed by atoms with Crippen molar-refractivity contribution in [3.05, 3.63) is 23.4 Å². The average molecular weight is 207 g/mol. The second-order valence-corrected chi connectivity index (χ2v) is 4.35. The van der Waals surface area contributed by atoms with Crippen molar-refractivity contribution in [2.24, 2.45) is 11.7 Å². The number of anilines is 1. The minimum Gasteiger partial charge on any atom is -0.383 e. The van der Waals surface area contributed by atoms with E-state index in [-0.39, 0.29) is 12.5 Å². The fraction of sp³-hybridized carbons (Fsp3) is 0.545. The largest absolute Gasteiger partial charge is 0.383 e. The highest BCUT2D eigenvalue weighted by molar-refractivity contribution is 5.46. The summed E-state index contributed by atoms with van der Waals surface area (Å²) in [5.74, 6) is 0.633. The van der Waals surface area contributed by atoms with Gasteiger partial charge in [-0.05, 0) is 37.3 Å². The zero-order chi connectivity index (χ0) is 11.1. The third-order valence-corrected chi connectivity index (χ3v) is 3.09. The quantitative estimate of drug-likeness (QED) is 0.675. The standard InChI is InChI=1S/C11H17N3O/c1-7-4-9(10(13)14-5-7)11(15,6-12)8-2-3-8/h4-5,8,15H,2-3,6,12H2,1H3,(H2,13,14). The van der Waals surface area contributed by atoms with Gasteiger partial charge in [0.1, 0.15) is 11.4 Å². The van der Waals surface area contributed by atoms with Crippen LogP contribution in [0.1, 0.15) is 24.0 Å². The van der Waals surface area contributed by atoms with Gasteiger partial charge in [-0.25, -0.2) is 4.98 Å². The Bertz CT molecular complexity index is 376. The van der Waals surface area contributed by atoms with Crippen LogP contribution in [0.4, 0.5) is 5.82 Å². The summed E-state index contributed by atoms with van der Waals surface area (Å²) in [6.07, 6.45) is 3.73. The minimum atomic E-state index is -0.983. The third-order valence-electron chi connectivity index (χ3n) is 3.09. The van der Waals surface area contributed by atoms with Crippen LogP contribution in [0.3, 0.4) is 0 Å². The van der Waals surface area contributed by atoms with Crippen molar-refractivity contribution in [2.45, 2.75) is 25.4 Å². The molecule has 5 N–H and O–H groups in total. The number of hydrogen-bond donors (Lipinski definition) is 3. The molecule has 0 saturated heterocycles. The number of pyridine rings is 1. The van der Waals surface area contributed by atoms with Gasteiger partial charge in [0.2, 0.25) is 0 Å². The summed E-state index contributed by atoms with van der Waals surface area (Å²) in [6, 6.07) is 1.88. The van der Waals surface area contributed by atoms with Gasteiger partial charge in [0, 0.05) is 18.3 Å². The number of rotatable bonds is 3. The van der Waals surface area contributed by atoms with Gasteiger partial charge in [-0.3, -0.25) is 0 Å². The van der Waals surface area contributed by atoms with Crippen LogP contribution in [0.5, 0.6) is 0 Å². The predicted molar refractivity (Wildman–Crippen MR) is 59.1 cm³/mol. The molecule has 1 heterocycles. The van der Waals surface area contributed by atoms with Crippen LogP contribution in [0.2, 0.25) is 0 Å². The van der Waals surface area contributed by atoms with Crippen LogP contribution in [-0.2, 0) is 5.60 Å². The Morgan fingerprint density at radius 2 is 2.27 bits per heavy atom. The van der Waals surface area contributed by atoms with Gasteiger partial charge in [0.15, 0.2) is 0 Å². The number of aromatic nitrogens is 1. The summed E-state index contributed by atoms with van der Waals surface area (Å²) < 4.78 is 0. The maximum atomic E-state index is 10.5. The van der Waals surface area contributed by atoms with Crippen molar-refractivity contribution in [3.8, 4) is 0 Å². The van der Waals surface area contributed by atoms with Crippen molar-refractivity contribution in [1.82, 2.24) is 4.98 Å². The molecule has 1 aliphatic rings. The van der Waals surface area contributed by atoms with Gasteiger partial charge in [0.25, 0.3) is 0 Å². The molecule has 0 bridgehead atoms. The van der Waals surface area contributed by atoms with E-state index in [1.807, 2.05) is 13.0 Å². The van der Waals surface area contributed by atoms with Crippen LogP contribution in [0.15, 0.2) is 12.3 Å². The molecule has 1 unspecified atom stereocenters. The Labute approximate surface area is 89.3 Å². The molecular weight excluding hydrogens is 190 g/mol. The Morgan fingerprint density at radius 3 is 2.80 bits per heavy atom. The summed E-state index contributed by atoms with van der Waals surface area (Å²) in [5.41, 5.74) is 12.2. The maximum absolute atomic E-state index is 10.5. The molecule has 1 atom stereocenters. The van der Waals surface area contributed by atoms with Crippen LogP contribution < -0.4 is 11.5 Å². The van der Waals surface area contributed by atoms with Crippen molar-refractivity contribution in [1.29, 1.82) is 0 Å². The lowest BCUT2D eigenvalue weighted by Gasteiger charge is -2.28. The number of nitrogens with two attached hydrogens (primary N) is 2. The number of nitrogens with zero attached hydrogens (tertiary/aromatic N) is 1. The van der Waals surface area contributed by atoms with Crippen LogP contribution >= 0.6 is 0 Å². The number of nitrogen functional groups attached to an aromatic ring is 1. The molecule has 0 spiro atoms. The molecule has 1 aliphatic carbocycles. The van der Waals surface area contributed by atoms with E-state index < -0.39 is 5.60 Å². The lowest BCUT2D eigenvalue weighted by Crippen LogP contribution is -2.38. The van der Waals surface area contributed by atoms with Crippen molar-refractivity contribution < 1.29 is 5.11 Å². The first kappa shape index (κ1) is 10.4. The van der Waals surface area contributed by atoms with E-state index in [1.165, 1.54) is 0 Å². The van der Waals surface area contributed by atoms with E-state index in [4.69, 9.17) is 11.5 Å². The van der Waals surface area contributed by atoms with Gasteiger partial charge in [0.05, 0.1) is 0 Å². The summed E-state index contributed by atoms with van der Waals surface area (Å²) in [4.78, 5) is 4.07. The first-order valence-corrected chi connectivity index (χ1v) is 5.23. The van der Waals surface area contributed by atoms with E-state index in [0.29, 0.717) is 11.4 Å². The van der Waals surface area contributed by atoms with Crippen molar-refractivity contribution in [2.75, 3.05) is 12.3 Å². The molecule has 4 heteroatoms. The molecule has 1 aromatic rings. The summed E-state index contributed by atoms with van der Waals surface area (Å²) in [7, 11) is 0. The third kappa shape index (κ3) is 1.70. The summed E-state index contributed by atoms with van der Waals surface area (Å²) in [6.45, 7) is 2.13. The molecule has 0 aromatic carbocycles. The smallest absolute Gasteiger partial charge is 0.129 e. The van der Waals surface area contributed by atoms with Crippen molar-refractivity contribution >= 4 is 5.82 Å². The van der Waals surface area contributed by atoms with E-state index in [9.17, 15) is 5.11 Å². The SMILES string of the molecule is Cc1cnc(N)c(C(O)(CN)C2CC2)c1. The highest BCUT2D eigenvalue weighted by atomic mass is 16.3. The van der Waals surface area contributed by atoms with E-state index in [1.54, 1.807) is 6.20 Å². The molecule has 0 aliphatic heterocycles. The number of aryl methyl sites for hydroxylation is 1. The molecule has 1 saturated carbocycles. The Kier molecular flexibility index (Phi) is 2.40. The minimum absolute atomic E-state index is 0.201.